The average molecular weight is 513 g/mol. The van der Waals surface area contributed by atoms with Crippen molar-refractivity contribution in [3.8, 4) is 5.75 Å². The fraction of sp³-hybridized carbons (Fsp3) is 0.200. The molecular formula is C25H22ClFN4O3S. The standard InChI is InChI=1S/C25H22ClFN4O3S/c1-34-20-10-11-22(28-15-20)29-23(32)14-21-24(33)31(19-8-6-18(27)7-9-19)25(35)30(21)13-12-16-2-4-17(26)5-3-16/h2-11,15,21H,12-14H2,1H3,(H,28,29,32). The number of nitrogens with zero attached hydrogens (tertiary/aromatic N) is 3. The fourth-order valence-corrected chi connectivity index (χ4v) is 4.30. The molecule has 1 N–H and O–H groups in total. The zero-order valence-electron chi connectivity index (χ0n) is 18.8. The molecule has 2 amide bonds. The van der Waals surface area contributed by atoms with Crippen molar-refractivity contribution in [2.24, 2.45) is 0 Å². The summed E-state index contributed by atoms with van der Waals surface area (Å²) in [5.74, 6) is -0.264. The number of benzene rings is 2. The van der Waals surface area contributed by atoms with E-state index in [0.29, 0.717) is 35.2 Å². The number of methoxy groups -OCH3 is 1. The monoisotopic (exact) mass is 512 g/mol. The number of rotatable bonds is 8. The number of halogens is 2. The molecular weight excluding hydrogens is 491 g/mol. The van der Waals surface area contributed by atoms with Gasteiger partial charge in [-0.3, -0.25) is 14.5 Å². The number of pyridine rings is 1. The molecule has 0 aliphatic carbocycles. The second kappa shape index (κ2) is 10.8. The van der Waals surface area contributed by atoms with E-state index >= 15 is 0 Å². The predicted molar refractivity (Wildman–Crippen MR) is 136 cm³/mol. The highest BCUT2D eigenvalue weighted by molar-refractivity contribution is 7.80. The highest BCUT2D eigenvalue weighted by Crippen LogP contribution is 2.28. The van der Waals surface area contributed by atoms with Gasteiger partial charge in [0.15, 0.2) is 5.11 Å². The van der Waals surface area contributed by atoms with Gasteiger partial charge in [-0.25, -0.2) is 9.37 Å². The van der Waals surface area contributed by atoms with Gasteiger partial charge in [0.2, 0.25) is 5.91 Å². The average Bonchev–Trinajstić information content (AvgIpc) is 3.08. The Balaban J connectivity index is 1.54. The predicted octanol–water partition coefficient (Wildman–Crippen LogP) is 4.46. The van der Waals surface area contributed by atoms with Crippen LogP contribution in [-0.2, 0) is 16.0 Å². The Labute approximate surface area is 212 Å². The zero-order valence-corrected chi connectivity index (χ0v) is 20.4. The Morgan fingerprint density at radius 3 is 2.49 bits per heavy atom. The Kier molecular flexibility index (Phi) is 7.57. The number of hydrogen-bond donors (Lipinski definition) is 1. The molecule has 1 fully saturated rings. The quantitative estimate of drug-likeness (QED) is 0.449. The Morgan fingerprint density at radius 1 is 1.14 bits per heavy atom. The highest BCUT2D eigenvalue weighted by atomic mass is 35.5. The van der Waals surface area contributed by atoms with E-state index in [2.05, 4.69) is 10.3 Å². The van der Waals surface area contributed by atoms with Gasteiger partial charge < -0.3 is 15.0 Å². The Bertz CT molecular complexity index is 1220. The van der Waals surface area contributed by atoms with Crippen molar-refractivity contribution >= 4 is 52.3 Å². The molecule has 0 saturated carbocycles. The van der Waals surface area contributed by atoms with Crippen LogP contribution in [0.25, 0.3) is 0 Å². The molecule has 1 saturated heterocycles. The van der Waals surface area contributed by atoms with E-state index in [1.807, 2.05) is 12.1 Å². The van der Waals surface area contributed by atoms with Gasteiger partial charge in [0.1, 0.15) is 23.4 Å². The molecule has 0 bridgehead atoms. The van der Waals surface area contributed by atoms with E-state index in [4.69, 9.17) is 28.6 Å². The summed E-state index contributed by atoms with van der Waals surface area (Å²) in [6, 6.07) is 15.4. The maximum absolute atomic E-state index is 13.5. The number of carbonyl (C=O) groups excluding carboxylic acids is 2. The summed E-state index contributed by atoms with van der Waals surface area (Å²) in [7, 11) is 1.52. The molecule has 4 rings (SSSR count). The maximum atomic E-state index is 13.5. The van der Waals surface area contributed by atoms with Crippen LogP contribution in [0.1, 0.15) is 12.0 Å². The summed E-state index contributed by atoms with van der Waals surface area (Å²) < 4.78 is 18.5. The van der Waals surface area contributed by atoms with Crippen molar-refractivity contribution in [1.29, 1.82) is 0 Å². The van der Waals surface area contributed by atoms with Crippen molar-refractivity contribution in [2.75, 3.05) is 23.9 Å². The van der Waals surface area contributed by atoms with Crippen molar-refractivity contribution in [3.63, 3.8) is 0 Å². The molecule has 2 heterocycles. The lowest BCUT2D eigenvalue weighted by Crippen LogP contribution is -2.39. The first-order chi connectivity index (χ1) is 16.9. The first-order valence-corrected chi connectivity index (χ1v) is 11.6. The molecule has 1 atom stereocenters. The van der Waals surface area contributed by atoms with Crippen LogP contribution in [0.4, 0.5) is 15.9 Å². The van der Waals surface area contributed by atoms with Crippen LogP contribution >= 0.6 is 23.8 Å². The molecule has 0 radical (unpaired) electrons. The van der Waals surface area contributed by atoms with Gasteiger partial charge >= 0.3 is 0 Å². The molecule has 7 nitrogen and oxygen atoms in total. The van der Waals surface area contributed by atoms with Gasteiger partial charge in [-0.15, -0.1) is 0 Å². The SMILES string of the molecule is COc1ccc(NC(=O)CC2C(=O)N(c3ccc(F)cc3)C(=S)N2CCc2ccc(Cl)cc2)nc1. The number of thiocarbonyl (C=S) groups is 1. The number of carbonyl (C=O) groups is 2. The van der Waals surface area contributed by atoms with E-state index in [1.165, 1.54) is 42.5 Å². The lowest BCUT2D eigenvalue weighted by molar-refractivity contribution is -0.124. The van der Waals surface area contributed by atoms with Crippen LogP contribution in [0.5, 0.6) is 5.75 Å². The summed E-state index contributed by atoms with van der Waals surface area (Å²) in [6.45, 7) is 0.405. The van der Waals surface area contributed by atoms with E-state index in [-0.39, 0.29) is 23.3 Å². The number of hydrogen-bond acceptors (Lipinski definition) is 5. The van der Waals surface area contributed by atoms with E-state index in [9.17, 15) is 14.0 Å². The molecule has 2 aromatic carbocycles. The molecule has 3 aromatic rings. The Hall–Kier alpha value is -3.56. The van der Waals surface area contributed by atoms with E-state index in [0.717, 1.165) is 5.56 Å². The molecule has 0 spiro atoms. The summed E-state index contributed by atoms with van der Waals surface area (Å²) in [5, 5.41) is 3.60. The molecule has 180 valence electrons. The number of anilines is 2. The first kappa shape index (κ1) is 24.6. The maximum Gasteiger partial charge on any atom is 0.256 e. The fourth-order valence-electron chi connectivity index (χ4n) is 3.76. The third-order valence-corrected chi connectivity index (χ3v) is 6.25. The largest absolute Gasteiger partial charge is 0.495 e. The molecule has 1 aliphatic heterocycles. The normalized spacial score (nSPS) is 15.5. The van der Waals surface area contributed by atoms with Crippen molar-refractivity contribution in [1.82, 2.24) is 9.88 Å². The second-order valence-electron chi connectivity index (χ2n) is 7.85. The summed E-state index contributed by atoms with van der Waals surface area (Å²) in [6.07, 6.45) is 1.94. The summed E-state index contributed by atoms with van der Waals surface area (Å²) in [4.78, 5) is 33.5. The van der Waals surface area contributed by atoms with Crippen LogP contribution in [0.3, 0.4) is 0 Å². The van der Waals surface area contributed by atoms with Crippen molar-refractivity contribution in [2.45, 2.75) is 18.9 Å². The van der Waals surface area contributed by atoms with Gasteiger partial charge in [0.25, 0.3) is 5.91 Å². The molecule has 10 heteroatoms. The van der Waals surface area contributed by atoms with Gasteiger partial charge in [0, 0.05) is 11.6 Å². The molecule has 35 heavy (non-hydrogen) atoms. The third kappa shape index (κ3) is 5.75. The van der Waals surface area contributed by atoms with E-state index < -0.39 is 11.9 Å². The van der Waals surface area contributed by atoms with Gasteiger partial charge in [-0.05, 0) is 72.7 Å². The highest BCUT2D eigenvalue weighted by Gasteiger charge is 2.43. The summed E-state index contributed by atoms with van der Waals surface area (Å²) >= 11 is 11.6. The van der Waals surface area contributed by atoms with Gasteiger partial charge in [-0.2, -0.15) is 0 Å². The number of ether oxygens (including phenoxy) is 1. The molecule has 1 aliphatic rings. The topological polar surface area (TPSA) is 74.8 Å². The minimum atomic E-state index is -0.821. The second-order valence-corrected chi connectivity index (χ2v) is 8.66. The van der Waals surface area contributed by atoms with Crippen molar-refractivity contribution in [3.05, 3.63) is 83.3 Å². The smallest absolute Gasteiger partial charge is 0.256 e. The van der Waals surface area contributed by atoms with Crippen LogP contribution in [0, 0.1) is 5.82 Å². The van der Waals surface area contributed by atoms with Crippen LogP contribution < -0.4 is 15.0 Å². The lowest BCUT2D eigenvalue weighted by Gasteiger charge is -2.24. The minimum Gasteiger partial charge on any atom is -0.495 e. The van der Waals surface area contributed by atoms with Crippen molar-refractivity contribution < 1.29 is 18.7 Å². The number of amides is 2. The number of nitrogens with one attached hydrogen (secondary N) is 1. The minimum absolute atomic E-state index is 0.134. The van der Waals surface area contributed by atoms with Gasteiger partial charge in [0.05, 0.1) is 25.4 Å². The van der Waals surface area contributed by atoms with Crippen LogP contribution in [0.2, 0.25) is 5.02 Å². The lowest BCUT2D eigenvalue weighted by atomic mass is 10.1. The molecule has 1 unspecified atom stereocenters. The van der Waals surface area contributed by atoms with Crippen LogP contribution in [0.15, 0.2) is 66.9 Å². The Morgan fingerprint density at radius 2 is 1.86 bits per heavy atom. The van der Waals surface area contributed by atoms with Gasteiger partial charge in [-0.1, -0.05) is 23.7 Å². The zero-order chi connectivity index (χ0) is 24.9. The third-order valence-electron chi connectivity index (χ3n) is 5.58. The molecule has 1 aromatic heterocycles. The van der Waals surface area contributed by atoms with Crippen LogP contribution in [-0.4, -0.2) is 46.5 Å². The summed E-state index contributed by atoms with van der Waals surface area (Å²) in [5.41, 5.74) is 1.45. The first-order valence-electron chi connectivity index (χ1n) is 10.8. The number of aromatic nitrogens is 1. The van der Waals surface area contributed by atoms with E-state index in [1.54, 1.807) is 29.2 Å².